The number of nitrogens with one attached hydrogen (secondary N) is 2. The van der Waals surface area contributed by atoms with Crippen LogP contribution in [0.3, 0.4) is 0 Å². The molecule has 0 atom stereocenters. The highest BCUT2D eigenvalue weighted by molar-refractivity contribution is 6.07. The third kappa shape index (κ3) is 5.14. The van der Waals surface area contributed by atoms with Gasteiger partial charge in [0.2, 0.25) is 0 Å². The van der Waals surface area contributed by atoms with Crippen LogP contribution < -0.4 is 10.6 Å². The summed E-state index contributed by atoms with van der Waals surface area (Å²) in [6.07, 6.45) is 1.38. The van der Waals surface area contributed by atoms with E-state index in [0.29, 0.717) is 5.69 Å². The second kappa shape index (κ2) is 9.56. The van der Waals surface area contributed by atoms with E-state index < -0.39 is 24.4 Å². The number of rotatable bonds is 7. The summed E-state index contributed by atoms with van der Waals surface area (Å²) in [6, 6.07) is 16.9. The van der Waals surface area contributed by atoms with E-state index in [1.54, 1.807) is 30.3 Å². The molecule has 30 heavy (non-hydrogen) atoms. The fourth-order valence-electron chi connectivity index (χ4n) is 2.87. The number of ether oxygens (including phenoxy) is 1. The molecule has 7 heteroatoms. The van der Waals surface area contributed by atoms with E-state index >= 15 is 0 Å². The molecule has 2 aromatic carbocycles. The Kier molecular flexibility index (Phi) is 6.64. The fraction of sp³-hybridized carbons (Fsp3) is 0.174. The molecule has 1 heterocycles. The van der Waals surface area contributed by atoms with Crippen molar-refractivity contribution in [2.45, 2.75) is 19.8 Å². The van der Waals surface area contributed by atoms with Crippen LogP contribution in [0.4, 0.5) is 11.4 Å². The molecule has 0 saturated carbocycles. The molecule has 0 fully saturated rings. The van der Waals surface area contributed by atoms with Crippen molar-refractivity contribution in [2.75, 3.05) is 17.2 Å². The molecule has 3 rings (SSSR count). The third-order valence-corrected chi connectivity index (χ3v) is 4.33. The van der Waals surface area contributed by atoms with E-state index in [1.807, 2.05) is 32.0 Å². The standard InChI is InChI=1S/C23H22N2O5/c1-15(2)16-8-3-5-10-18(16)24-21(26)14-30-23(28)17-9-4-6-11-19(17)25-22(27)20-12-7-13-29-20/h3-13,15H,14H2,1-2H3,(H,24,26)(H,25,27). The van der Waals surface area contributed by atoms with E-state index in [-0.39, 0.29) is 22.9 Å². The van der Waals surface area contributed by atoms with Crippen LogP contribution in [0, 0.1) is 0 Å². The molecule has 0 spiro atoms. The Labute approximate surface area is 174 Å². The molecule has 0 saturated heterocycles. The second-order valence-electron chi connectivity index (χ2n) is 6.84. The van der Waals surface area contributed by atoms with E-state index in [9.17, 15) is 14.4 Å². The van der Waals surface area contributed by atoms with Gasteiger partial charge in [-0.15, -0.1) is 0 Å². The predicted octanol–water partition coefficient (Wildman–Crippen LogP) is 4.45. The summed E-state index contributed by atoms with van der Waals surface area (Å²) in [5.41, 5.74) is 2.06. The lowest BCUT2D eigenvalue weighted by Gasteiger charge is -2.14. The zero-order valence-corrected chi connectivity index (χ0v) is 16.7. The van der Waals surface area contributed by atoms with Crippen LogP contribution >= 0.6 is 0 Å². The first kappa shape index (κ1) is 20.9. The monoisotopic (exact) mass is 406 g/mol. The average molecular weight is 406 g/mol. The van der Waals surface area contributed by atoms with Gasteiger partial charge in [0.05, 0.1) is 17.5 Å². The van der Waals surface area contributed by atoms with Crippen LogP contribution in [-0.2, 0) is 9.53 Å². The average Bonchev–Trinajstić information content (AvgIpc) is 3.28. The van der Waals surface area contributed by atoms with Gasteiger partial charge >= 0.3 is 5.97 Å². The summed E-state index contributed by atoms with van der Waals surface area (Å²) < 4.78 is 10.2. The smallest absolute Gasteiger partial charge is 0.340 e. The lowest BCUT2D eigenvalue weighted by Crippen LogP contribution is -2.22. The quantitative estimate of drug-likeness (QED) is 0.565. The number of furan rings is 1. The first-order valence-electron chi connectivity index (χ1n) is 9.45. The second-order valence-corrected chi connectivity index (χ2v) is 6.84. The number of para-hydroxylation sites is 2. The molecule has 3 aromatic rings. The lowest BCUT2D eigenvalue weighted by molar-refractivity contribution is -0.119. The topological polar surface area (TPSA) is 97.6 Å². The van der Waals surface area contributed by atoms with Gasteiger partial charge in [-0.2, -0.15) is 0 Å². The lowest BCUT2D eigenvalue weighted by atomic mass is 10.0. The van der Waals surface area contributed by atoms with Crippen molar-refractivity contribution in [2.24, 2.45) is 0 Å². The maximum absolute atomic E-state index is 12.5. The SMILES string of the molecule is CC(C)c1ccccc1NC(=O)COC(=O)c1ccccc1NC(=O)c1ccco1. The Morgan fingerprint density at radius 2 is 1.60 bits per heavy atom. The van der Waals surface area contributed by atoms with Gasteiger partial charge in [-0.1, -0.05) is 44.2 Å². The zero-order valence-electron chi connectivity index (χ0n) is 16.7. The minimum absolute atomic E-state index is 0.112. The van der Waals surface area contributed by atoms with Gasteiger partial charge in [0.25, 0.3) is 11.8 Å². The molecule has 0 radical (unpaired) electrons. The van der Waals surface area contributed by atoms with Crippen molar-refractivity contribution in [1.29, 1.82) is 0 Å². The summed E-state index contributed by atoms with van der Waals surface area (Å²) in [7, 11) is 0. The summed E-state index contributed by atoms with van der Waals surface area (Å²) in [6.45, 7) is 3.60. The number of benzene rings is 2. The van der Waals surface area contributed by atoms with Crippen molar-refractivity contribution in [3.05, 3.63) is 83.8 Å². The van der Waals surface area contributed by atoms with Crippen LogP contribution in [-0.4, -0.2) is 24.4 Å². The molecule has 0 aliphatic carbocycles. The number of hydrogen-bond acceptors (Lipinski definition) is 5. The summed E-state index contributed by atoms with van der Waals surface area (Å²) >= 11 is 0. The van der Waals surface area contributed by atoms with Crippen LogP contribution in [0.5, 0.6) is 0 Å². The van der Waals surface area contributed by atoms with Crippen LogP contribution in [0.2, 0.25) is 0 Å². The van der Waals surface area contributed by atoms with Crippen molar-refractivity contribution in [3.63, 3.8) is 0 Å². The Bertz CT molecular complexity index is 1040. The summed E-state index contributed by atoms with van der Waals surface area (Å²) in [4.78, 5) is 36.9. The Morgan fingerprint density at radius 3 is 2.30 bits per heavy atom. The van der Waals surface area contributed by atoms with Gasteiger partial charge < -0.3 is 19.8 Å². The minimum Gasteiger partial charge on any atom is -0.459 e. The molecule has 154 valence electrons. The highest BCUT2D eigenvalue weighted by Gasteiger charge is 2.18. The summed E-state index contributed by atoms with van der Waals surface area (Å²) in [5.74, 6) is -1.33. The molecule has 0 aliphatic heterocycles. The Morgan fingerprint density at radius 1 is 0.900 bits per heavy atom. The number of esters is 1. The number of hydrogen-bond donors (Lipinski definition) is 2. The van der Waals surface area contributed by atoms with Crippen LogP contribution in [0.25, 0.3) is 0 Å². The van der Waals surface area contributed by atoms with Gasteiger partial charge in [-0.3, -0.25) is 9.59 Å². The van der Waals surface area contributed by atoms with Gasteiger partial charge in [-0.05, 0) is 41.8 Å². The molecule has 2 N–H and O–H groups in total. The Balaban J connectivity index is 1.63. The van der Waals surface area contributed by atoms with Gasteiger partial charge in [-0.25, -0.2) is 4.79 Å². The van der Waals surface area contributed by atoms with Crippen LogP contribution in [0.15, 0.2) is 71.3 Å². The number of anilines is 2. The van der Waals surface area contributed by atoms with Gasteiger partial charge in [0.1, 0.15) is 0 Å². The van der Waals surface area contributed by atoms with E-state index in [0.717, 1.165) is 5.56 Å². The first-order valence-corrected chi connectivity index (χ1v) is 9.45. The van der Waals surface area contributed by atoms with Crippen molar-refractivity contribution in [3.8, 4) is 0 Å². The van der Waals surface area contributed by atoms with E-state index in [1.165, 1.54) is 18.4 Å². The number of carbonyl (C=O) groups is 3. The zero-order chi connectivity index (χ0) is 21.5. The highest BCUT2D eigenvalue weighted by Crippen LogP contribution is 2.23. The molecule has 2 amide bonds. The van der Waals surface area contributed by atoms with Crippen molar-refractivity contribution < 1.29 is 23.5 Å². The molecular formula is C23H22N2O5. The number of amides is 2. The largest absolute Gasteiger partial charge is 0.459 e. The van der Waals surface area contributed by atoms with Crippen LogP contribution in [0.1, 0.15) is 46.2 Å². The van der Waals surface area contributed by atoms with Crippen molar-refractivity contribution >= 4 is 29.2 Å². The predicted molar refractivity (Wildman–Crippen MR) is 113 cm³/mol. The molecule has 0 aliphatic rings. The maximum atomic E-state index is 12.5. The molecular weight excluding hydrogens is 384 g/mol. The fourth-order valence-corrected chi connectivity index (χ4v) is 2.87. The normalized spacial score (nSPS) is 10.5. The molecule has 0 unspecified atom stereocenters. The summed E-state index contributed by atoms with van der Waals surface area (Å²) in [5, 5.41) is 5.37. The maximum Gasteiger partial charge on any atom is 0.340 e. The van der Waals surface area contributed by atoms with E-state index in [4.69, 9.17) is 9.15 Å². The first-order chi connectivity index (χ1) is 14.5. The molecule has 1 aromatic heterocycles. The highest BCUT2D eigenvalue weighted by atomic mass is 16.5. The molecule has 7 nitrogen and oxygen atoms in total. The van der Waals surface area contributed by atoms with E-state index in [2.05, 4.69) is 10.6 Å². The Hall–Kier alpha value is -3.87. The minimum atomic E-state index is -0.724. The molecule has 0 bridgehead atoms. The van der Waals surface area contributed by atoms with Gasteiger partial charge in [0.15, 0.2) is 12.4 Å². The number of carbonyl (C=O) groups excluding carboxylic acids is 3. The third-order valence-electron chi connectivity index (χ3n) is 4.33. The van der Waals surface area contributed by atoms with Gasteiger partial charge in [0, 0.05) is 5.69 Å². The van der Waals surface area contributed by atoms with Crippen molar-refractivity contribution in [1.82, 2.24) is 0 Å².